The minimum absolute atomic E-state index is 0.291. The maximum atomic E-state index is 9.07. The Morgan fingerprint density at radius 1 is 0.903 bits per heavy atom. The van der Waals surface area contributed by atoms with Gasteiger partial charge in [-0.1, -0.05) is 35.5 Å². The van der Waals surface area contributed by atoms with Crippen LogP contribution in [0.5, 0.6) is 0 Å². The van der Waals surface area contributed by atoms with E-state index in [2.05, 4.69) is 75.6 Å². The Balaban J connectivity index is 0.976. The summed E-state index contributed by atoms with van der Waals surface area (Å²) in [5, 5.41) is 13.3. The lowest BCUT2D eigenvalue weighted by atomic mass is 10.2. The Hall–Kier alpha value is -3.20. The Kier molecular flexibility index (Phi) is 4.31. The average molecular weight is 414 g/mol. The van der Waals surface area contributed by atoms with Gasteiger partial charge in [-0.05, 0) is 53.5 Å². The van der Waals surface area contributed by atoms with Crippen molar-refractivity contribution in [3.8, 4) is 6.07 Å². The van der Waals surface area contributed by atoms with Gasteiger partial charge in [-0.2, -0.15) is 5.26 Å². The van der Waals surface area contributed by atoms with E-state index in [9.17, 15) is 0 Å². The van der Waals surface area contributed by atoms with Gasteiger partial charge in [0.2, 0.25) is 0 Å². The molecular formula is C25H27N5O. The van der Waals surface area contributed by atoms with E-state index in [1.807, 2.05) is 0 Å². The van der Waals surface area contributed by atoms with Crippen LogP contribution in [0, 0.1) is 46.8 Å². The molecule has 2 aromatic rings. The highest BCUT2D eigenvalue weighted by Crippen LogP contribution is 2.53. The normalized spacial score (nSPS) is 32.9. The number of piperidine rings is 2. The van der Waals surface area contributed by atoms with Crippen LogP contribution in [0.4, 0.5) is 11.4 Å². The summed E-state index contributed by atoms with van der Waals surface area (Å²) in [6.45, 7) is 4.53. The summed E-state index contributed by atoms with van der Waals surface area (Å²) in [5.74, 6) is 3.64. The second-order valence-electron chi connectivity index (χ2n) is 9.44. The molecule has 0 spiro atoms. The second kappa shape index (κ2) is 7.19. The lowest BCUT2D eigenvalue weighted by molar-refractivity contribution is 0.129. The van der Waals surface area contributed by atoms with Gasteiger partial charge in [-0.15, -0.1) is 0 Å². The van der Waals surface area contributed by atoms with Crippen LogP contribution in [0.2, 0.25) is 0 Å². The maximum absolute atomic E-state index is 9.07. The molecule has 6 nitrogen and oxygen atoms in total. The number of oxime groups is 1. The van der Waals surface area contributed by atoms with Gasteiger partial charge in [0.05, 0.1) is 12.0 Å². The van der Waals surface area contributed by atoms with Crippen LogP contribution < -0.4 is 15.5 Å². The quantitative estimate of drug-likeness (QED) is 0.447. The van der Waals surface area contributed by atoms with Crippen LogP contribution in [0.25, 0.3) is 0 Å². The van der Waals surface area contributed by atoms with E-state index >= 15 is 0 Å². The van der Waals surface area contributed by atoms with E-state index < -0.39 is 0 Å². The molecule has 0 aromatic heterocycles. The fraction of sp³-hybridized carbons (Fsp3) is 0.440. The fourth-order valence-corrected chi connectivity index (χ4v) is 5.79. The Bertz CT molecular complexity index is 1010. The third-order valence-electron chi connectivity index (χ3n) is 7.70. The van der Waals surface area contributed by atoms with Gasteiger partial charge in [0, 0.05) is 43.5 Å². The first kappa shape index (κ1) is 18.6. The number of anilines is 2. The number of amidine groups is 1. The molecular weight excluding hydrogens is 386 g/mol. The van der Waals surface area contributed by atoms with Gasteiger partial charge in [0.25, 0.3) is 0 Å². The maximum Gasteiger partial charge on any atom is 0.143 e. The number of rotatable bonds is 6. The number of benzene rings is 2. The lowest BCUT2D eigenvalue weighted by Crippen LogP contribution is -2.28. The highest BCUT2D eigenvalue weighted by Gasteiger charge is 2.58. The summed E-state index contributed by atoms with van der Waals surface area (Å²) in [6.07, 6.45) is 0. The minimum Gasteiger partial charge on any atom is -0.390 e. The van der Waals surface area contributed by atoms with E-state index in [1.165, 1.54) is 11.4 Å². The number of nitrogens with two attached hydrogens (primary N) is 1. The molecule has 2 N–H and O–H groups in total. The Labute approximate surface area is 182 Å². The topological polar surface area (TPSA) is 77.9 Å². The first-order valence-electron chi connectivity index (χ1n) is 11.2. The third-order valence-corrected chi connectivity index (χ3v) is 7.70. The van der Waals surface area contributed by atoms with Crippen LogP contribution in [-0.2, 0) is 11.4 Å². The van der Waals surface area contributed by atoms with Gasteiger partial charge >= 0.3 is 0 Å². The molecule has 0 amide bonds. The van der Waals surface area contributed by atoms with Crippen LogP contribution in [0.3, 0.4) is 0 Å². The third kappa shape index (κ3) is 3.29. The first-order valence-corrected chi connectivity index (χ1v) is 11.2. The monoisotopic (exact) mass is 413 g/mol. The highest BCUT2D eigenvalue weighted by atomic mass is 16.6. The van der Waals surface area contributed by atoms with Crippen molar-refractivity contribution in [2.24, 2.45) is 46.4 Å². The summed E-state index contributed by atoms with van der Waals surface area (Å²) in [4.78, 5) is 10.4. The standard InChI is InChI=1S/C25H27N5O/c26-10-19-20-11-29(12-21(19)20)18-8-6-16(7-9-18)15-31-28-25(27)24-22-13-30(14-23(22)24)17-4-2-1-3-5-17/h1-9,19-24H,11-15H2,(H2,27,28)/t19?,20-,21+,22-,23+,24?. The number of nitrogens with zero attached hydrogens (tertiary/aromatic N) is 4. The van der Waals surface area contributed by atoms with Gasteiger partial charge in [-0.25, -0.2) is 0 Å². The summed E-state index contributed by atoms with van der Waals surface area (Å²) in [5.41, 5.74) is 9.85. The van der Waals surface area contributed by atoms with Crippen LogP contribution >= 0.6 is 0 Å². The van der Waals surface area contributed by atoms with Crippen molar-refractivity contribution in [2.75, 3.05) is 36.0 Å². The highest BCUT2D eigenvalue weighted by molar-refractivity contribution is 5.86. The van der Waals surface area contributed by atoms with Crippen molar-refractivity contribution in [3.05, 3.63) is 60.2 Å². The van der Waals surface area contributed by atoms with Crippen molar-refractivity contribution < 1.29 is 4.84 Å². The molecule has 0 bridgehead atoms. The number of hydrogen-bond acceptors (Lipinski definition) is 5. The molecule has 4 fully saturated rings. The number of fused-ring (bicyclic) bond motifs is 2. The van der Waals surface area contributed by atoms with Crippen molar-refractivity contribution in [2.45, 2.75) is 6.61 Å². The summed E-state index contributed by atoms with van der Waals surface area (Å²) >= 11 is 0. The molecule has 0 radical (unpaired) electrons. The molecule has 2 saturated heterocycles. The van der Waals surface area contributed by atoms with E-state index in [0.29, 0.717) is 47.9 Å². The predicted octanol–water partition coefficient (Wildman–Crippen LogP) is 3.06. The van der Waals surface area contributed by atoms with Crippen LogP contribution in [0.15, 0.2) is 59.8 Å². The molecule has 4 aliphatic rings. The summed E-state index contributed by atoms with van der Waals surface area (Å²) < 4.78 is 0. The fourth-order valence-electron chi connectivity index (χ4n) is 5.79. The zero-order valence-electron chi connectivity index (χ0n) is 17.5. The second-order valence-corrected chi connectivity index (χ2v) is 9.44. The SMILES string of the molecule is N#CC1[C@H]2CN(c3ccc(CO/N=C(\N)C4[C@H]5CN(c6ccccc6)C[C@@H]45)cc3)C[C@@H]12. The van der Waals surface area contributed by atoms with Crippen molar-refractivity contribution >= 4 is 17.2 Å². The van der Waals surface area contributed by atoms with Gasteiger partial charge in [0.1, 0.15) is 12.4 Å². The lowest BCUT2D eigenvalue weighted by Gasteiger charge is -2.21. The van der Waals surface area contributed by atoms with Gasteiger partial charge in [-0.3, -0.25) is 0 Å². The molecule has 158 valence electrons. The van der Waals surface area contributed by atoms with Gasteiger partial charge < -0.3 is 20.4 Å². The zero-order valence-corrected chi connectivity index (χ0v) is 17.5. The molecule has 2 aliphatic carbocycles. The van der Waals surface area contributed by atoms with E-state index in [-0.39, 0.29) is 0 Å². The molecule has 6 rings (SSSR count). The number of nitriles is 1. The van der Waals surface area contributed by atoms with Crippen molar-refractivity contribution in [1.82, 2.24) is 0 Å². The first-order chi connectivity index (χ1) is 15.2. The average Bonchev–Trinajstić information content (AvgIpc) is 3.52. The molecule has 2 unspecified atom stereocenters. The summed E-state index contributed by atoms with van der Waals surface area (Å²) in [6, 6.07) is 21.5. The van der Waals surface area contributed by atoms with E-state index in [4.69, 9.17) is 15.8 Å². The molecule has 6 heteroatoms. The predicted molar refractivity (Wildman–Crippen MR) is 120 cm³/mol. The zero-order chi connectivity index (χ0) is 20.9. The van der Waals surface area contributed by atoms with Crippen molar-refractivity contribution in [3.63, 3.8) is 0 Å². The largest absolute Gasteiger partial charge is 0.390 e. The summed E-state index contributed by atoms with van der Waals surface area (Å²) in [7, 11) is 0. The van der Waals surface area contributed by atoms with Crippen LogP contribution in [0.1, 0.15) is 5.56 Å². The molecule has 2 aromatic carbocycles. The molecule has 2 saturated carbocycles. The smallest absolute Gasteiger partial charge is 0.143 e. The number of hydrogen-bond donors (Lipinski definition) is 1. The number of para-hydroxylation sites is 1. The van der Waals surface area contributed by atoms with Crippen LogP contribution in [-0.4, -0.2) is 32.0 Å². The molecule has 2 aliphatic heterocycles. The van der Waals surface area contributed by atoms with E-state index in [1.54, 1.807) is 0 Å². The Morgan fingerprint density at radius 3 is 2.10 bits per heavy atom. The minimum atomic E-state index is 0.291. The molecule has 2 heterocycles. The Morgan fingerprint density at radius 2 is 1.48 bits per heavy atom. The van der Waals surface area contributed by atoms with Crippen molar-refractivity contribution in [1.29, 1.82) is 5.26 Å². The van der Waals surface area contributed by atoms with E-state index in [0.717, 1.165) is 31.7 Å². The molecule has 6 atom stereocenters. The molecule has 31 heavy (non-hydrogen) atoms. The van der Waals surface area contributed by atoms with Gasteiger partial charge in [0.15, 0.2) is 0 Å².